The van der Waals surface area contributed by atoms with Crippen LogP contribution in [0, 0.1) is 0 Å². The van der Waals surface area contributed by atoms with Gasteiger partial charge < -0.3 is 5.11 Å². The molecular formula is C12H11BrN2O4S2. The van der Waals surface area contributed by atoms with Gasteiger partial charge in [0.05, 0.1) is 9.90 Å². The first kappa shape index (κ1) is 16.1. The number of thiazole rings is 1. The minimum atomic E-state index is -3.58. The molecule has 1 aromatic carbocycles. The lowest BCUT2D eigenvalue weighted by Gasteiger charge is -2.06. The van der Waals surface area contributed by atoms with Gasteiger partial charge in [0.15, 0.2) is 5.69 Å². The summed E-state index contributed by atoms with van der Waals surface area (Å²) in [7, 11) is -3.58. The summed E-state index contributed by atoms with van der Waals surface area (Å²) >= 11 is 4.41. The number of nitrogens with one attached hydrogen (secondary N) is 1. The van der Waals surface area contributed by atoms with Gasteiger partial charge in [-0.1, -0.05) is 22.0 Å². The van der Waals surface area contributed by atoms with Crippen LogP contribution in [0.3, 0.4) is 0 Å². The minimum Gasteiger partial charge on any atom is -0.476 e. The molecule has 1 aromatic heterocycles. The third-order valence-electron chi connectivity index (χ3n) is 2.51. The maximum Gasteiger partial charge on any atom is 0.355 e. The van der Waals surface area contributed by atoms with E-state index in [1.165, 1.54) is 28.8 Å². The fourth-order valence-electron chi connectivity index (χ4n) is 1.53. The topological polar surface area (TPSA) is 96.4 Å². The van der Waals surface area contributed by atoms with Gasteiger partial charge in [0.25, 0.3) is 0 Å². The molecule has 21 heavy (non-hydrogen) atoms. The number of nitrogens with zero attached hydrogens (tertiary/aromatic N) is 1. The fourth-order valence-corrected chi connectivity index (χ4v) is 3.93. The SMILES string of the molecule is O=C(O)c1csc(CCNS(=O)(=O)c2cccc(Br)c2)n1. The van der Waals surface area contributed by atoms with Crippen LogP contribution in [0.2, 0.25) is 0 Å². The van der Waals surface area contributed by atoms with Crippen LogP contribution in [0.15, 0.2) is 39.0 Å². The first-order chi connectivity index (χ1) is 9.88. The summed E-state index contributed by atoms with van der Waals surface area (Å²) in [6, 6.07) is 6.38. The number of benzene rings is 1. The van der Waals surface area contributed by atoms with Crippen LogP contribution < -0.4 is 4.72 Å². The molecule has 0 aliphatic carbocycles. The van der Waals surface area contributed by atoms with Crippen LogP contribution in [0.5, 0.6) is 0 Å². The van der Waals surface area contributed by atoms with E-state index in [0.717, 1.165) is 0 Å². The van der Waals surface area contributed by atoms with Crippen LogP contribution >= 0.6 is 27.3 Å². The molecule has 0 atom stereocenters. The van der Waals surface area contributed by atoms with Crippen molar-refractivity contribution in [3.05, 3.63) is 44.8 Å². The van der Waals surface area contributed by atoms with Crippen LogP contribution in [-0.4, -0.2) is 31.0 Å². The van der Waals surface area contributed by atoms with Crippen LogP contribution in [0.25, 0.3) is 0 Å². The Morgan fingerprint density at radius 3 is 2.81 bits per heavy atom. The fraction of sp³-hybridized carbons (Fsp3) is 0.167. The van der Waals surface area contributed by atoms with E-state index in [0.29, 0.717) is 15.9 Å². The lowest BCUT2D eigenvalue weighted by Crippen LogP contribution is -2.26. The van der Waals surface area contributed by atoms with Gasteiger partial charge in [0, 0.05) is 22.8 Å². The Bertz CT molecular complexity index is 758. The number of aromatic carboxylic acids is 1. The molecule has 9 heteroatoms. The molecule has 2 rings (SSSR count). The molecule has 0 spiro atoms. The van der Waals surface area contributed by atoms with Crippen LogP contribution in [-0.2, 0) is 16.4 Å². The second-order valence-corrected chi connectivity index (χ2v) is 7.66. The van der Waals surface area contributed by atoms with Crippen LogP contribution in [0.4, 0.5) is 0 Å². The van der Waals surface area contributed by atoms with E-state index >= 15 is 0 Å². The molecule has 6 nitrogen and oxygen atoms in total. The average molecular weight is 391 g/mol. The third kappa shape index (κ3) is 4.34. The first-order valence-electron chi connectivity index (χ1n) is 5.81. The molecule has 2 aromatic rings. The zero-order valence-corrected chi connectivity index (χ0v) is 13.8. The Balaban J connectivity index is 1.97. The van der Waals surface area contributed by atoms with Crippen molar-refractivity contribution < 1.29 is 18.3 Å². The Morgan fingerprint density at radius 2 is 2.19 bits per heavy atom. The summed E-state index contributed by atoms with van der Waals surface area (Å²) in [5, 5.41) is 10.8. The normalized spacial score (nSPS) is 11.5. The van der Waals surface area contributed by atoms with E-state index < -0.39 is 16.0 Å². The molecule has 0 bridgehead atoms. The van der Waals surface area contributed by atoms with Crippen molar-refractivity contribution in [1.29, 1.82) is 0 Å². The van der Waals surface area contributed by atoms with Gasteiger partial charge in [-0.25, -0.2) is 22.9 Å². The van der Waals surface area contributed by atoms with Gasteiger partial charge in [0.1, 0.15) is 0 Å². The number of carbonyl (C=O) groups is 1. The number of aromatic nitrogens is 1. The Hall–Kier alpha value is -1.29. The van der Waals surface area contributed by atoms with Crippen molar-refractivity contribution in [3.8, 4) is 0 Å². The number of hydrogen-bond donors (Lipinski definition) is 2. The monoisotopic (exact) mass is 390 g/mol. The number of rotatable bonds is 6. The average Bonchev–Trinajstić information content (AvgIpc) is 2.87. The highest BCUT2D eigenvalue weighted by molar-refractivity contribution is 9.10. The molecule has 112 valence electrons. The standard InChI is InChI=1S/C12H11BrN2O4S2/c13-8-2-1-3-9(6-8)21(18,19)14-5-4-11-15-10(7-20-11)12(16)17/h1-3,6-7,14H,4-5H2,(H,16,17). The second kappa shape index (κ2) is 6.65. The van der Waals surface area contributed by atoms with Gasteiger partial charge >= 0.3 is 5.97 Å². The molecule has 0 aliphatic heterocycles. The molecule has 0 radical (unpaired) electrons. The molecule has 2 N–H and O–H groups in total. The summed E-state index contributed by atoms with van der Waals surface area (Å²) in [6.07, 6.45) is 0.338. The van der Waals surface area contributed by atoms with E-state index in [2.05, 4.69) is 25.6 Å². The summed E-state index contributed by atoms with van der Waals surface area (Å²) in [4.78, 5) is 14.8. The highest BCUT2D eigenvalue weighted by Gasteiger charge is 2.14. The third-order valence-corrected chi connectivity index (χ3v) is 5.37. The molecule has 0 unspecified atom stereocenters. The van der Waals surface area contributed by atoms with Crippen molar-refractivity contribution in [2.45, 2.75) is 11.3 Å². The highest BCUT2D eigenvalue weighted by atomic mass is 79.9. The van der Waals surface area contributed by atoms with Crippen molar-refractivity contribution in [3.63, 3.8) is 0 Å². The molecule has 0 amide bonds. The zero-order chi connectivity index (χ0) is 15.5. The van der Waals surface area contributed by atoms with E-state index in [4.69, 9.17) is 5.11 Å². The molecule has 0 saturated heterocycles. The van der Waals surface area contributed by atoms with Gasteiger partial charge in [-0.2, -0.15) is 0 Å². The maximum absolute atomic E-state index is 12.0. The van der Waals surface area contributed by atoms with E-state index in [-0.39, 0.29) is 17.1 Å². The largest absolute Gasteiger partial charge is 0.476 e. The van der Waals surface area contributed by atoms with Gasteiger partial charge in [-0.15, -0.1) is 11.3 Å². The van der Waals surface area contributed by atoms with E-state index in [9.17, 15) is 13.2 Å². The molecule has 0 fully saturated rings. The van der Waals surface area contributed by atoms with Gasteiger partial charge in [-0.3, -0.25) is 0 Å². The van der Waals surface area contributed by atoms with Crippen molar-refractivity contribution >= 4 is 43.3 Å². The Kier molecular flexibility index (Phi) is 5.09. The number of carboxylic acid groups (broad SMARTS) is 1. The number of sulfonamides is 1. The van der Waals surface area contributed by atoms with E-state index in [1.54, 1.807) is 12.1 Å². The zero-order valence-electron chi connectivity index (χ0n) is 10.6. The minimum absolute atomic E-state index is 0.0233. The number of halogens is 1. The predicted molar refractivity (Wildman–Crippen MR) is 82.1 cm³/mol. The summed E-state index contributed by atoms with van der Waals surface area (Å²) < 4.78 is 27.2. The van der Waals surface area contributed by atoms with Crippen molar-refractivity contribution in [2.75, 3.05) is 6.54 Å². The number of hydrogen-bond acceptors (Lipinski definition) is 5. The lowest BCUT2D eigenvalue weighted by atomic mass is 10.4. The molecule has 1 heterocycles. The Labute approximate surface area is 134 Å². The smallest absolute Gasteiger partial charge is 0.355 e. The Morgan fingerprint density at radius 1 is 1.43 bits per heavy atom. The van der Waals surface area contributed by atoms with Crippen molar-refractivity contribution in [1.82, 2.24) is 9.71 Å². The van der Waals surface area contributed by atoms with Crippen LogP contribution in [0.1, 0.15) is 15.5 Å². The number of carboxylic acids is 1. The van der Waals surface area contributed by atoms with Gasteiger partial charge in [-0.05, 0) is 18.2 Å². The highest BCUT2D eigenvalue weighted by Crippen LogP contribution is 2.16. The molecular weight excluding hydrogens is 380 g/mol. The summed E-state index contributed by atoms with van der Waals surface area (Å²) in [5.74, 6) is -1.09. The molecule has 0 saturated carbocycles. The second-order valence-electron chi connectivity index (χ2n) is 4.04. The quantitative estimate of drug-likeness (QED) is 0.787. The predicted octanol–water partition coefficient (Wildman–Crippen LogP) is 2.12. The first-order valence-corrected chi connectivity index (χ1v) is 8.97. The van der Waals surface area contributed by atoms with Crippen molar-refractivity contribution in [2.24, 2.45) is 0 Å². The lowest BCUT2D eigenvalue weighted by molar-refractivity contribution is 0.0691. The molecule has 0 aliphatic rings. The summed E-state index contributed by atoms with van der Waals surface area (Å²) in [5.41, 5.74) is -0.0233. The maximum atomic E-state index is 12.0. The van der Waals surface area contributed by atoms with E-state index in [1.807, 2.05) is 0 Å². The summed E-state index contributed by atoms with van der Waals surface area (Å²) in [6.45, 7) is 0.154. The van der Waals surface area contributed by atoms with Gasteiger partial charge in [0.2, 0.25) is 10.0 Å².